The van der Waals surface area contributed by atoms with Gasteiger partial charge in [0.1, 0.15) is 0 Å². The summed E-state index contributed by atoms with van der Waals surface area (Å²) < 4.78 is 1.23. The Morgan fingerprint density at radius 2 is 2.20 bits per heavy atom. The van der Waals surface area contributed by atoms with Gasteiger partial charge in [0.05, 0.1) is 0 Å². The van der Waals surface area contributed by atoms with Gasteiger partial charge in [-0.05, 0) is 56.8 Å². The van der Waals surface area contributed by atoms with Crippen LogP contribution in [0.2, 0.25) is 0 Å². The van der Waals surface area contributed by atoms with Crippen LogP contribution in [-0.4, -0.2) is 19.1 Å². The Kier molecular flexibility index (Phi) is 5.91. The van der Waals surface area contributed by atoms with E-state index in [0.717, 1.165) is 12.6 Å². The summed E-state index contributed by atoms with van der Waals surface area (Å²) in [6.07, 6.45) is 5.08. The van der Waals surface area contributed by atoms with Gasteiger partial charge in [0.2, 0.25) is 0 Å². The fourth-order valence-corrected chi connectivity index (χ4v) is 3.83. The van der Waals surface area contributed by atoms with E-state index in [2.05, 4.69) is 65.1 Å². The van der Waals surface area contributed by atoms with Gasteiger partial charge in [-0.15, -0.1) is 0 Å². The highest BCUT2D eigenvalue weighted by Crippen LogP contribution is 2.32. The van der Waals surface area contributed by atoms with E-state index in [9.17, 15) is 0 Å². The smallest absolute Gasteiger partial charge is 0.0380 e. The highest BCUT2D eigenvalue weighted by Gasteiger charge is 2.23. The molecule has 1 aliphatic rings. The van der Waals surface area contributed by atoms with Crippen molar-refractivity contribution >= 4 is 21.6 Å². The molecule has 1 aliphatic heterocycles. The van der Waals surface area contributed by atoms with E-state index in [1.807, 2.05) is 0 Å². The van der Waals surface area contributed by atoms with Gasteiger partial charge in [-0.3, -0.25) is 0 Å². The van der Waals surface area contributed by atoms with Crippen molar-refractivity contribution in [2.75, 3.05) is 18.0 Å². The normalized spacial score (nSPS) is 20.4. The Balaban J connectivity index is 2.13. The first kappa shape index (κ1) is 15.8. The number of nitrogens with one attached hydrogen (secondary N) is 1. The van der Waals surface area contributed by atoms with Gasteiger partial charge in [-0.1, -0.05) is 35.8 Å². The summed E-state index contributed by atoms with van der Waals surface area (Å²) >= 11 is 3.76. The first-order valence-electron chi connectivity index (χ1n) is 7.96. The third-order valence-corrected chi connectivity index (χ3v) is 5.02. The standard InChI is InChI=1S/C17H27BrN2/c1-4-10-19-13(3)16-9-8-15(12-17(16)18)20-11-6-7-14(20)5-2/h8-9,12-14,19H,4-7,10-11H2,1-3H3. The fourth-order valence-electron chi connectivity index (χ4n) is 3.12. The van der Waals surface area contributed by atoms with E-state index in [1.165, 1.54) is 48.0 Å². The van der Waals surface area contributed by atoms with Crippen LogP contribution in [0.15, 0.2) is 22.7 Å². The maximum Gasteiger partial charge on any atom is 0.0380 e. The van der Waals surface area contributed by atoms with E-state index in [-0.39, 0.29) is 0 Å². The fraction of sp³-hybridized carbons (Fsp3) is 0.647. The topological polar surface area (TPSA) is 15.3 Å². The molecule has 0 spiro atoms. The zero-order chi connectivity index (χ0) is 14.5. The summed E-state index contributed by atoms with van der Waals surface area (Å²) in [5.41, 5.74) is 2.72. The van der Waals surface area contributed by atoms with Crippen LogP contribution in [-0.2, 0) is 0 Å². The summed E-state index contributed by atoms with van der Waals surface area (Å²) in [5.74, 6) is 0. The Labute approximate surface area is 132 Å². The van der Waals surface area contributed by atoms with Crippen LogP contribution in [0.5, 0.6) is 0 Å². The number of hydrogen-bond acceptors (Lipinski definition) is 2. The van der Waals surface area contributed by atoms with Crippen LogP contribution >= 0.6 is 15.9 Å². The summed E-state index contributed by atoms with van der Waals surface area (Å²) in [4.78, 5) is 2.57. The van der Waals surface area contributed by atoms with Gasteiger partial charge in [0.15, 0.2) is 0 Å². The van der Waals surface area contributed by atoms with Crippen molar-refractivity contribution in [3.63, 3.8) is 0 Å². The second-order valence-corrected chi connectivity index (χ2v) is 6.63. The Bertz CT molecular complexity index is 433. The average molecular weight is 339 g/mol. The van der Waals surface area contributed by atoms with Crippen molar-refractivity contribution in [1.29, 1.82) is 0 Å². The van der Waals surface area contributed by atoms with Gasteiger partial charge in [-0.2, -0.15) is 0 Å². The third kappa shape index (κ3) is 3.56. The highest BCUT2D eigenvalue weighted by molar-refractivity contribution is 9.10. The summed E-state index contributed by atoms with van der Waals surface area (Å²) in [6.45, 7) is 9.01. The molecule has 1 saturated heterocycles. The van der Waals surface area contributed by atoms with E-state index in [4.69, 9.17) is 0 Å². The van der Waals surface area contributed by atoms with Crippen LogP contribution in [0.4, 0.5) is 5.69 Å². The minimum atomic E-state index is 0.402. The number of halogens is 1. The number of benzene rings is 1. The first-order chi connectivity index (χ1) is 9.67. The Morgan fingerprint density at radius 1 is 1.40 bits per heavy atom. The maximum atomic E-state index is 3.76. The summed E-state index contributed by atoms with van der Waals surface area (Å²) in [7, 11) is 0. The van der Waals surface area contributed by atoms with Crippen LogP contribution < -0.4 is 10.2 Å². The van der Waals surface area contributed by atoms with Crippen molar-refractivity contribution in [2.45, 2.75) is 58.5 Å². The van der Waals surface area contributed by atoms with E-state index in [0.29, 0.717) is 6.04 Å². The molecule has 1 heterocycles. The Morgan fingerprint density at radius 3 is 2.85 bits per heavy atom. The summed E-state index contributed by atoms with van der Waals surface area (Å²) in [5, 5.41) is 3.55. The molecule has 0 bridgehead atoms. The number of anilines is 1. The molecule has 20 heavy (non-hydrogen) atoms. The van der Waals surface area contributed by atoms with Crippen LogP contribution in [0.1, 0.15) is 58.1 Å². The van der Waals surface area contributed by atoms with Crippen molar-refractivity contribution in [3.8, 4) is 0 Å². The third-order valence-electron chi connectivity index (χ3n) is 4.33. The molecule has 0 saturated carbocycles. The minimum Gasteiger partial charge on any atom is -0.369 e. The first-order valence-corrected chi connectivity index (χ1v) is 8.76. The number of hydrogen-bond donors (Lipinski definition) is 1. The lowest BCUT2D eigenvalue weighted by molar-refractivity contribution is 0.569. The summed E-state index contributed by atoms with van der Waals surface area (Å²) in [6, 6.07) is 7.99. The van der Waals surface area contributed by atoms with E-state index >= 15 is 0 Å². The molecule has 0 amide bonds. The Hall–Kier alpha value is -0.540. The van der Waals surface area contributed by atoms with E-state index in [1.54, 1.807) is 0 Å². The molecule has 1 N–H and O–H groups in total. The maximum absolute atomic E-state index is 3.76. The molecule has 0 aliphatic carbocycles. The molecule has 0 aromatic heterocycles. The number of rotatable bonds is 6. The molecule has 1 aromatic carbocycles. The lowest BCUT2D eigenvalue weighted by atomic mass is 10.1. The molecular weight excluding hydrogens is 312 g/mol. The van der Waals surface area contributed by atoms with Crippen LogP contribution in [0.25, 0.3) is 0 Å². The molecule has 2 unspecified atom stereocenters. The average Bonchev–Trinajstić information content (AvgIpc) is 2.93. The van der Waals surface area contributed by atoms with Gasteiger partial charge in [-0.25, -0.2) is 0 Å². The molecule has 2 atom stereocenters. The lowest BCUT2D eigenvalue weighted by Crippen LogP contribution is -2.28. The van der Waals surface area contributed by atoms with Gasteiger partial charge < -0.3 is 10.2 Å². The molecule has 3 heteroatoms. The highest BCUT2D eigenvalue weighted by atomic mass is 79.9. The largest absolute Gasteiger partial charge is 0.369 e. The SMILES string of the molecule is CCCNC(C)c1ccc(N2CCCC2CC)cc1Br. The molecule has 1 fully saturated rings. The van der Waals surface area contributed by atoms with Crippen LogP contribution in [0.3, 0.4) is 0 Å². The van der Waals surface area contributed by atoms with Gasteiger partial charge >= 0.3 is 0 Å². The zero-order valence-corrected chi connectivity index (χ0v) is 14.5. The van der Waals surface area contributed by atoms with E-state index < -0.39 is 0 Å². The van der Waals surface area contributed by atoms with Crippen molar-refractivity contribution in [2.24, 2.45) is 0 Å². The molecular formula is C17H27BrN2. The zero-order valence-electron chi connectivity index (χ0n) is 13.0. The lowest BCUT2D eigenvalue weighted by Gasteiger charge is -2.27. The monoisotopic (exact) mass is 338 g/mol. The van der Waals surface area contributed by atoms with Gasteiger partial charge in [0.25, 0.3) is 0 Å². The molecule has 1 aromatic rings. The van der Waals surface area contributed by atoms with Crippen molar-refractivity contribution < 1.29 is 0 Å². The van der Waals surface area contributed by atoms with Crippen molar-refractivity contribution in [3.05, 3.63) is 28.2 Å². The molecule has 0 radical (unpaired) electrons. The molecule has 112 valence electrons. The molecule has 2 rings (SSSR count). The second-order valence-electron chi connectivity index (χ2n) is 5.78. The second kappa shape index (κ2) is 7.46. The molecule has 2 nitrogen and oxygen atoms in total. The van der Waals surface area contributed by atoms with Gasteiger partial charge in [0, 0.05) is 28.8 Å². The van der Waals surface area contributed by atoms with Crippen molar-refractivity contribution in [1.82, 2.24) is 5.32 Å². The van der Waals surface area contributed by atoms with Crippen LogP contribution in [0, 0.1) is 0 Å². The predicted molar refractivity (Wildman–Crippen MR) is 91.5 cm³/mol. The minimum absolute atomic E-state index is 0.402. The predicted octanol–water partition coefficient (Wildman–Crippen LogP) is 4.89. The quantitative estimate of drug-likeness (QED) is 0.794. The number of nitrogens with zero attached hydrogens (tertiary/aromatic N) is 1.